The highest BCUT2D eigenvalue weighted by molar-refractivity contribution is 6.01. The number of ketones is 2. The molecule has 9 atom stereocenters. The second kappa shape index (κ2) is 7.59. The average molecular weight is 473 g/mol. The van der Waals surface area contributed by atoms with Gasteiger partial charge >= 0.3 is 11.9 Å². The summed E-state index contributed by atoms with van der Waals surface area (Å²) < 4.78 is 5.12. The summed E-state index contributed by atoms with van der Waals surface area (Å²) in [6.07, 6.45) is 7.24. The molecule has 5 rings (SSSR count). The maximum atomic E-state index is 13.2. The number of hydrogen-bond donors (Lipinski definition) is 3. The number of esters is 1. The molecule has 0 saturated heterocycles. The minimum atomic E-state index is -1.73. The Labute approximate surface area is 198 Å². The Balaban J connectivity index is 1.34. The number of rotatable bonds is 5. The molecular formula is C26H32O8. The number of aliphatic carboxylic acids is 1. The summed E-state index contributed by atoms with van der Waals surface area (Å²) in [6.45, 7) is 3.33. The van der Waals surface area contributed by atoms with Gasteiger partial charge in [0.2, 0.25) is 5.78 Å². The highest BCUT2D eigenvalue weighted by Gasteiger charge is 2.68. The number of aliphatic hydroxyl groups excluding tert-OH is 1. The lowest BCUT2D eigenvalue weighted by atomic mass is 9.46. The smallest absolute Gasteiger partial charge is 0.310 e. The van der Waals surface area contributed by atoms with Crippen molar-refractivity contribution in [2.75, 3.05) is 6.61 Å². The molecule has 4 fully saturated rings. The summed E-state index contributed by atoms with van der Waals surface area (Å²) in [5.74, 6) is -3.90. The van der Waals surface area contributed by atoms with Crippen LogP contribution in [0, 0.1) is 40.4 Å². The van der Waals surface area contributed by atoms with Gasteiger partial charge in [-0.3, -0.25) is 19.2 Å². The predicted octanol–water partition coefficient (Wildman–Crippen LogP) is 1.83. The Hall–Kier alpha value is -2.32. The summed E-state index contributed by atoms with van der Waals surface area (Å²) in [4.78, 5) is 48.3. The van der Waals surface area contributed by atoms with Crippen LogP contribution in [0.25, 0.3) is 0 Å². The second-order valence-corrected chi connectivity index (χ2v) is 11.4. The van der Waals surface area contributed by atoms with Crippen molar-refractivity contribution in [3.8, 4) is 0 Å². The van der Waals surface area contributed by atoms with Gasteiger partial charge in [0, 0.05) is 16.7 Å². The number of carbonyl (C=O) groups is 4. The van der Waals surface area contributed by atoms with Crippen molar-refractivity contribution in [1.29, 1.82) is 0 Å². The van der Waals surface area contributed by atoms with Crippen LogP contribution in [0.1, 0.15) is 52.4 Å². The Bertz CT molecular complexity index is 1030. The van der Waals surface area contributed by atoms with Crippen molar-refractivity contribution in [2.45, 2.75) is 64.1 Å². The average Bonchev–Trinajstić information content (AvgIpc) is 3.53. The van der Waals surface area contributed by atoms with E-state index in [2.05, 4.69) is 6.92 Å². The van der Waals surface area contributed by atoms with Gasteiger partial charge in [0.25, 0.3) is 0 Å². The van der Waals surface area contributed by atoms with Gasteiger partial charge in [-0.05, 0) is 62.5 Å². The molecule has 2 unspecified atom stereocenters. The zero-order valence-corrected chi connectivity index (χ0v) is 19.5. The summed E-state index contributed by atoms with van der Waals surface area (Å²) in [5.41, 5.74) is -1.98. The number of ether oxygens (including phenoxy) is 1. The highest BCUT2D eigenvalue weighted by Crippen LogP contribution is 2.67. The molecule has 8 heteroatoms. The summed E-state index contributed by atoms with van der Waals surface area (Å²) in [6, 6.07) is 0. The van der Waals surface area contributed by atoms with Crippen molar-refractivity contribution in [3.05, 3.63) is 23.8 Å². The minimum absolute atomic E-state index is 0.00905. The Kier molecular flexibility index (Phi) is 5.23. The van der Waals surface area contributed by atoms with E-state index < -0.39 is 58.7 Å². The number of aliphatic hydroxyl groups is 2. The first-order chi connectivity index (χ1) is 15.9. The molecule has 184 valence electrons. The molecule has 0 heterocycles. The molecule has 0 aromatic carbocycles. The molecule has 5 aliphatic carbocycles. The Morgan fingerprint density at radius 2 is 1.91 bits per heavy atom. The molecule has 0 radical (unpaired) electrons. The van der Waals surface area contributed by atoms with E-state index in [0.29, 0.717) is 6.42 Å². The number of allylic oxidation sites excluding steroid dienone is 4. The van der Waals surface area contributed by atoms with Crippen molar-refractivity contribution in [1.82, 2.24) is 0 Å². The van der Waals surface area contributed by atoms with Crippen molar-refractivity contribution in [3.63, 3.8) is 0 Å². The number of fused-ring (bicyclic) bond motifs is 5. The summed E-state index contributed by atoms with van der Waals surface area (Å²) in [7, 11) is 0. The normalized spacial score (nSPS) is 46.6. The molecule has 0 aromatic rings. The molecule has 0 amide bonds. The van der Waals surface area contributed by atoms with Crippen LogP contribution in [0.4, 0.5) is 0 Å². The molecule has 5 aliphatic rings. The number of carboxylic acid groups (broad SMARTS) is 1. The van der Waals surface area contributed by atoms with Gasteiger partial charge in [0.1, 0.15) is 5.60 Å². The van der Waals surface area contributed by atoms with Crippen molar-refractivity contribution >= 4 is 23.5 Å². The number of Topliss-reactive ketones (excluding diaryl/α,β-unsaturated/α-hetero) is 1. The number of carbonyl (C=O) groups excluding carboxylic acids is 3. The van der Waals surface area contributed by atoms with Crippen LogP contribution in [-0.4, -0.2) is 57.1 Å². The summed E-state index contributed by atoms with van der Waals surface area (Å²) >= 11 is 0. The SMILES string of the molecule is C[C@]12C=CC(=O)C=C1CC[C@@H]1[C@@H]2[C@@H](O)C[C@@]2(C)[C@H]1CC[C@]2(O)C(=O)COC(=O)C1CC1C(=O)O. The van der Waals surface area contributed by atoms with Crippen molar-refractivity contribution in [2.24, 2.45) is 40.4 Å². The largest absolute Gasteiger partial charge is 0.481 e. The van der Waals surface area contributed by atoms with Crippen LogP contribution in [0.2, 0.25) is 0 Å². The first-order valence-electron chi connectivity index (χ1n) is 12.2. The zero-order chi connectivity index (χ0) is 24.6. The van der Waals surface area contributed by atoms with E-state index in [-0.39, 0.29) is 42.8 Å². The standard InChI is InChI=1S/C26H32O8/c1-24-7-5-14(27)9-13(24)3-4-15-18-6-8-26(33,25(18,2)11-19(28)21(15)24)20(29)12-34-23(32)17-10-16(17)22(30)31/h5,7,9,15-19,21,28,33H,3-4,6,8,10-12H2,1-2H3,(H,30,31)/t15-,16?,17?,18-,19-,21+,24-,25-,26-/m0/s1. The minimum Gasteiger partial charge on any atom is -0.481 e. The monoisotopic (exact) mass is 472 g/mol. The van der Waals surface area contributed by atoms with Gasteiger partial charge in [0.05, 0.1) is 17.9 Å². The lowest BCUT2D eigenvalue weighted by molar-refractivity contribution is -0.181. The number of hydrogen-bond acceptors (Lipinski definition) is 7. The maximum absolute atomic E-state index is 13.2. The number of carboxylic acids is 1. The predicted molar refractivity (Wildman–Crippen MR) is 118 cm³/mol. The van der Waals surface area contributed by atoms with Gasteiger partial charge in [-0.1, -0.05) is 25.5 Å². The van der Waals surface area contributed by atoms with E-state index in [0.717, 1.165) is 18.4 Å². The van der Waals surface area contributed by atoms with Gasteiger partial charge in [-0.2, -0.15) is 0 Å². The Morgan fingerprint density at radius 1 is 1.18 bits per heavy atom. The van der Waals surface area contributed by atoms with E-state index in [1.165, 1.54) is 0 Å². The highest BCUT2D eigenvalue weighted by atomic mass is 16.5. The zero-order valence-electron chi connectivity index (χ0n) is 19.5. The van der Waals surface area contributed by atoms with Crippen molar-refractivity contribution < 1.29 is 39.2 Å². The quantitative estimate of drug-likeness (QED) is 0.515. The third-order valence-corrected chi connectivity index (χ3v) is 9.87. The van der Waals surface area contributed by atoms with E-state index in [4.69, 9.17) is 9.84 Å². The molecular weight excluding hydrogens is 440 g/mol. The van der Waals surface area contributed by atoms with Crippen LogP contribution in [-0.2, 0) is 23.9 Å². The topological polar surface area (TPSA) is 138 Å². The first kappa shape index (κ1) is 23.4. The van der Waals surface area contributed by atoms with E-state index in [1.807, 2.05) is 13.0 Å². The molecule has 3 N–H and O–H groups in total. The molecule has 4 saturated carbocycles. The van der Waals surface area contributed by atoms with Crippen LogP contribution >= 0.6 is 0 Å². The van der Waals surface area contributed by atoms with E-state index >= 15 is 0 Å². The van der Waals surface area contributed by atoms with Gasteiger partial charge in [0.15, 0.2) is 12.4 Å². The summed E-state index contributed by atoms with van der Waals surface area (Å²) in [5, 5.41) is 32.0. The fraction of sp³-hybridized carbons (Fsp3) is 0.692. The molecule has 0 aromatic heterocycles. The van der Waals surface area contributed by atoms with Crippen LogP contribution in [0.15, 0.2) is 23.8 Å². The van der Waals surface area contributed by atoms with Crippen LogP contribution in [0.5, 0.6) is 0 Å². The first-order valence-corrected chi connectivity index (χ1v) is 12.2. The third-order valence-electron chi connectivity index (χ3n) is 9.87. The van der Waals surface area contributed by atoms with E-state index in [1.54, 1.807) is 12.2 Å². The van der Waals surface area contributed by atoms with E-state index in [9.17, 15) is 29.4 Å². The third kappa shape index (κ3) is 3.18. The molecule has 0 bridgehead atoms. The fourth-order valence-corrected chi connectivity index (χ4v) is 7.88. The lowest BCUT2D eigenvalue weighted by Gasteiger charge is -2.59. The maximum Gasteiger partial charge on any atom is 0.310 e. The van der Waals surface area contributed by atoms with Gasteiger partial charge in [-0.15, -0.1) is 0 Å². The van der Waals surface area contributed by atoms with Gasteiger partial charge in [-0.25, -0.2) is 0 Å². The molecule has 8 nitrogen and oxygen atoms in total. The van der Waals surface area contributed by atoms with Gasteiger partial charge < -0.3 is 20.1 Å². The van der Waals surface area contributed by atoms with Crippen LogP contribution in [0.3, 0.4) is 0 Å². The Morgan fingerprint density at radius 3 is 2.59 bits per heavy atom. The fourth-order valence-electron chi connectivity index (χ4n) is 7.88. The molecule has 34 heavy (non-hydrogen) atoms. The second-order valence-electron chi connectivity index (χ2n) is 11.4. The molecule has 0 spiro atoms. The van der Waals surface area contributed by atoms with Crippen LogP contribution < -0.4 is 0 Å². The lowest BCUT2D eigenvalue weighted by Crippen LogP contribution is -2.61. The molecule has 0 aliphatic heterocycles.